The molecule has 102 valence electrons. The van der Waals surface area contributed by atoms with Gasteiger partial charge in [-0.3, -0.25) is 0 Å². The van der Waals surface area contributed by atoms with E-state index in [9.17, 15) is 4.39 Å². The van der Waals surface area contributed by atoms with Crippen molar-refractivity contribution in [1.29, 1.82) is 0 Å². The van der Waals surface area contributed by atoms with E-state index in [0.29, 0.717) is 6.04 Å². The van der Waals surface area contributed by atoms with Crippen molar-refractivity contribution in [2.45, 2.75) is 53.5 Å². The number of hydrogen-bond donors (Lipinski definition) is 1. The van der Waals surface area contributed by atoms with Gasteiger partial charge in [0, 0.05) is 6.04 Å². The minimum atomic E-state index is -0.147. The second-order valence-electron chi connectivity index (χ2n) is 5.73. The summed E-state index contributed by atoms with van der Waals surface area (Å²) in [7, 11) is 0. The number of hydrogen-bond acceptors (Lipinski definition) is 1. The van der Waals surface area contributed by atoms with Gasteiger partial charge in [-0.2, -0.15) is 0 Å². The van der Waals surface area contributed by atoms with E-state index >= 15 is 0 Å². The van der Waals surface area contributed by atoms with Crippen LogP contribution in [0.3, 0.4) is 0 Å². The summed E-state index contributed by atoms with van der Waals surface area (Å²) in [6.07, 6.45) is 2.09. The Balaban J connectivity index is 2.89. The summed E-state index contributed by atoms with van der Waals surface area (Å²) >= 11 is 0. The fraction of sp³-hybridized carbons (Fsp3) is 0.625. The summed E-state index contributed by atoms with van der Waals surface area (Å²) in [5, 5.41) is 3.57. The zero-order valence-corrected chi connectivity index (χ0v) is 12.3. The monoisotopic (exact) mass is 251 g/mol. The Morgan fingerprint density at radius 3 is 2.44 bits per heavy atom. The van der Waals surface area contributed by atoms with Crippen LogP contribution in [0.2, 0.25) is 0 Å². The molecule has 1 nitrogen and oxygen atoms in total. The van der Waals surface area contributed by atoms with Gasteiger partial charge >= 0.3 is 0 Å². The van der Waals surface area contributed by atoms with Crippen molar-refractivity contribution in [3.8, 4) is 0 Å². The summed E-state index contributed by atoms with van der Waals surface area (Å²) in [6.45, 7) is 11.9. The van der Waals surface area contributed by atoms with E-state index in [0.717, 1.165) is 24.9 Å². The first-order chi connectivity index (χ1) is 8.40. The van der Waals surface area contributed by atoms with Gasteiger partial charge < -0.3 is 5.32 Å². The molecule has 1 atom stereocenters. The highest BCUT2D eigenvalue weighted by molar-refractivity contribution is 5.27. The molecule has 0 bridgehead atoms. The highest BCUT2D eigenvalue weighted by Crippen LogP contribution is 2.28. The average Bonchev–Trinajstić information content (AvgIpc) is 2.31. The summed E-state index contributed by atoms with van der Waals surface area (Å²) in [4.78, 5) is 0. The molecule has 0 radical (unpaired) electrons. The van der Waals surface area contributed by atoms with Crippen LogP contribution < -0.4 is 5.32 Å². The van der Waals surface area contributed by atoms with Crippen LogP contribution in [0.1, 0.15) is 45.2 Å². The number of likely N-dealkylation sites (N-methyl/N-ethyl adjacent to an activating group) is 1. The SMILES string of the molecule is CCNC(Cc1ccc(F)cc1C)C(C)(C)CC. The van der Waals surface area contributed by atoms with E-state index in [4.69, 9.17) is 0 Å². The van der Waals surface area contributed by atoms with E-state index in [1.807, 2.05) is 13.0 Å². The molecular formula is C16H26FN. The van der Waals surface area contributed by atoms with Gasteiger partial charge in [-0.1, -0.05) is 33.8 Å². The lowest BCUT2D eigenvalue weighted by Crippen LogP contribution is -2.43. The van der Waals surface area contributed by atoms with Crippen LogP contribution in [0.5, 0.6) is 0 Å². The normalized spacial score (nSPS) is 13.7. The minimum absolute atomic E-state index is 0.147. The molecule has 0 heterocycles. The predicted octanol–water partition coefficient (Wildman–Crippen LogP) is 4.09. The Morgan fingerprint density at radius 2 is 1.94 bits per heavy atom. The van der Waals surface area contributed by atoms with Gasteiger partial charge in [-0.15, -0.1) is 0 Å². The zero-order chi connectivity index (χ0) is 13.8. The fourth-order valence-electron chi connectivity index (χ4n) is 2.23. The van der Waals surface area contributed by atoms with Crippen molar-refractivity contribution < 1.29 is 4.39 Å². The largest absolute Gasteiger partial charge is 0.313 e. The Bertz CT molecular complexity index is 385. The topological polar surface area (TPSA) is 12.0 Å². The fourth-order valence-corrected chi connectivity index (χ4v) is 2.23. The molecule has 1 aromatic carbocycles. The molecule has 0 aliphatic rings. The van der Waals surface area contributed by atoms with Crippen LogP contribution >= 0.6 is 0 Å². The maximum atomic E-state index is 13.1. The van der Waals surface area contributed by atoms with Crippen molar-refractivity contribution in [2.24, 2.45) is 5.41 Å². The third kappa shape index (κ3) is 3.81. The van der Waals surface area contributed by atoms with Gasteiger partial charge in [0.15, 0.2) is 0 Å². The number of aryl methyl sites for hydroxylation is 1. The second kappa shape index (κ2) is 6.33. The molecule has 1 N–H and O–H groups in total. The third-order valence-corrected chi connectivity index (χ3v) is 4.03. The van der Waals surface area contributed by atoms with Crippen molar-refractivity contribution in [3.05, 3.63) is 35.1 Å². The highest BCUT2D eigenvalue weighted by Gasteiger charge is 2.27. The average molecular weight is 251 g/mol. The standard InChI is InChI=1S/C16H26FN/c1-6-16(4,5)15(18-7-2)11-13-8-9-14(17)10-12(13)3/h8-10,15,18H,6-7,11H2,1-5H3. The lowest BCUT2D eigenvalue weighted by Gasteiger charge is -2.34. The first kappa shape index (κ1) is 15.2. The van der Waals surface area contributed by atoms with E-state index in [-0.39, 0.29) is 11.2 Å². The Hall–Kier alpha value is -0.890. The van der Waals surface area contributed by atoms with E-state index in [1.54, 1.807) is 12.1 Å². The van der Waals surface area contributed by atoms with Gasteiger partial charge in [0.1, 0.15) is 5.82 Å². The van der Waals surface area contributed by atoms with Crippen LogP contribution in [0.4, 0.5) is 4.39 Å². The van der Waals surface area contributed by atoms with Crippen LogP contribution in [0.15, 0.2) is 18.2 Å². The quantitative estimate of drug-likeness (QED) is 0.803. The van der Waals surface area contributed by atoms with E-state index in [2.05, 4.69) is 33.0 Å². The van der Waals surface area contributed by atoms with Crippen molar-refractivity contribution in [1.82, 2.24) is 5.32 Å². The number of rotatable bonds is 6. The lowest BCUT2D eigenvalue weighted by atomic mass is 9.78. The first-order valence-corrected chi connectivity index (χ1v) is 6.89. The summed E-state index contributed by atoms with van der Waals surface area (Å²) in [6, 6.07) is 5.53. The lowest BCUT2D eigenvalue weighted by molar-refractivity contribution is 0.232. The van der Waals surface area contributed by atoms with Crippen molar-refractivity contribution in [3.63, 3.8) is 0 Å². The predicted molar refractivity (Wildman–Crippen MR) is 76.4 cm³/mol. The summed E-state index contributed by atoms with van der Waals surface area (Å²) in [5.41, 5.74) is 2.53. The molecule has 1 unspecified atom stereocenters. The molecule has 0 amide bonds. The van der Waals surface area contributed by atoms with E-state index in [1.165, 1.54) is 5.56 Å². The molecule has 0 saturated heterocycles. The highest BCUT2D eigenvalue weighted by atomic mass is 19.1. The van der Waals surface area contributed by atoms with Crippen molar-refractivity contribution in [2.75, 3.05) is 6.54 Å². The number of benzene rings is 1. The molecule has 0 aliphatic heterocycles. The van der Waals surface area contributed by atoms with Crippen LogP contribution in [0.25, 0.3) is 0 Å². The molecule has 0 fully saturated rings. The van der Waals surface area contributed by atoms with Gasteiger partial charge in [-0.25, -0.2) is 4.39 Å². The third-order valence-electron chi connectivity index (χ3n) is 4.03. The summed E-state index contributed by atoms with van der Waals surface area (Å²) in [5.74, 6) is -0.147. The molecule has 0 aromatic heterocycles. The number of nitrogens with one attached hydrogen (secondary N) is 1. The molecule has 0 spiro atoms. The Labute approximate surface area is 111 Å². The number of halogens is 1. The van der Waals surface area contributed by atoms with Crippen molar-refractivity contribution >= 4 is 0 Å². The molecule has 1 aromatic rings. The van der Waals surface area contributed by atoms with Crippen LogP contribution in [-0.2, 0) is 6.42 Å². The molecule has 2 heteroatoms. The molecule has 0 saturated carbocycles. The van der Waals surface area contributed by atoms with Gasteiger partial charge in [0.05, 0.1) is 0 Å². The zero-order valence-electron chi connectivity index (χ0n) is 12.3. The van der Waals surface area contributed by atoms with Crippen LogP contribution in [0, 0.1) is 18.2 Å². The Kier molecular flexibility index (Phi) is 5.33. The van der Waals surface area contributed by atoms with Gasteiger partial charge in [0.25, 0.3) is 0 Å². The van der Waals surface area contributed by atoms with Gasteiger partial charge in [-0.05, 0) is 55.0 Å². The van der Waals surface area contributed by atoms with Crippen LogP contribution in [-0.4, -0.2) is 12.6 Å². The molecule has 0 aliphatic carbocycles. The minimum Gasteiger partial charge on any atom is -0.313 e. The molecule has 1 rings (SSSR count). The summed E-state index contributed by atoms with van der Waals surface area (Å²) < 4.78 is 13.1. The first-order valence-electron chi connectivity index (χ1n) is 6.89. The molecule has 18 heavy (non-hydrogen) atoms. The van der Waals surface area contributed by atoms with Gasteiger partial charge in [0.2, 0.25) is 0 Å². The maximum Gasteiger partial charge on any atom is 0.123 e. The van der Waals surface area contributed by atoms with E-state index < -0.39 is 0 Å². The maximum absolute atomic E-state index is 13.1. The molecular weight excluding hydrogens is 225 g/mol. The Morgan fingerprint density at radius 1 is 1.28 bits per heavy atom. The smallest absolute Gasteiger partial charge is 0.123 e. The second-order valence-corrected chi connectivity index (χ2v) is 5.73.